The lowest BCUT2D eigenvalue weighted by Gasteiger charge is -2.25. The summed E-state index contributed by atoms with van der Waals surface area (Å²) in [6.45, 7) is 1.81. The second-order valence-electron chi connectivity index (χ2n) is 8.62. The minimum Gasteiger partial charge on any atom is -0.490 e. The van der Waals surface area contributed by atoms with Crippen LogP contribution in [0.3, 0.4) is 0 Å². The highest BCUT2D eigenvalue weighted by Gasteiger charge is 2.52. The molecule has 3 aliphatic rings. The van der Waals surface area contributed by atoms with E-state index >= 15 is 0 Å². The zero-order chi connectivity index (χ0) is 20.7. The maximum Gasteiger partial charge on any atom is 0.283 e. The molecule has 2 aromatic rings. The number of carbonyl (C=O) groups excluding carboxylic acids is 1. The van der Waals surface area contributed by atoms with Gasteiger partial charge in [-0.3, -0.25) is 9.69 Å². The third kappa shape index (κ3) is 3.95. The van der Waals surface area contributed by atoms with Crippen LogP contribution in [-0.4, -0.2) is 51.7 Å². The number of likely N-dealkylation sites (tertiary alicyclic amines) is 1. The average Bonchev–Trinajstić information content (AvgIpc) is 3.18. The quantitative estimate of drug-likeness (QED) is 0.680. The number of benzene rings is 2. The highest BCUT2D eigenvalue weighted by atomic mass is 32.2. The van der Waals surface area contributed by atoms with Gasteiger partial charge in [-0.25, -0.2) is 0 Å². The number of aliphatic hydroxyl groups excluding tert-OH is 1. The Morgan fingerprint density at radius 1 is 1.27 bits per heavy atom. The molecule has 158 valence electrons. The number of nitrogens with zero attached hydrogens (tertiary/aromatic N) is 1. The minimum absolute atomic E-state index is 0.0304. The Morgan fingerprint density at radius 3 is 2.90 bits per heavy atom. The maximum atomic E-state index is 11.5. The minimum atomic E-state index is -0.754. The molecule has 0 radical (unpaired) electrons. The van der Waals surface area contributed by atoms with Crippen LogP contribution >= 0.6 is 11.8 Å². The normalized spacial score (nSPS) is 29.2. The average molecular weight is 427 g/mol. The van der Waals surface area contributed by atoms with Crippen molar-refractivity contribution in [1.82, 2.24) is 4.90 Å². The number of carbonyl (C=O) groups is 1. The molecule has 2 aliphatic heterocycles. The third-order valence-corrected chi connectivity index (χ3v) is 7.27. The number of fused-ring (bicyclic) bond motifs is 2. The number of ether oxygens (including phenoxy) is 1. The van der Waals surface area contributed by atoms with Gasteiger partial charge in [0.2, 0.25) is 0 Å². The second-order valence-corrected chi connectivity index (χ2v) is 9.57. The van der Waals surface area contributed by atoms with Gasteiger partial charge in [0.25, 0.3) is 5.24 Å². The van der Waals surface area contributed by atoms with Crippen molar-refractivity contribution in [3.63, 3.8) is 0 Å². The number of para-hydroxylation sites is 1. The zero-order valence-electron chi connectivity index (χ0n) is 16.7. The summed E-state index contributed by atoms with van der Waals surface area (Å²) in [5.74, 6) is 1.63. The van der Waals surface area contributed by atoms with Crippen LogP contribution in [0.5, 0.6) is 5.75 Å². The fourth-order valence-corrected chi connectivity index (χ4v) is 5.71. The molecule has 7 heteroatoms. The lowest BCUT2D eigenvalue weighted by atomic mass is 9.95. The van der Waals surface area contributed by atoms with Gasteiger partial charge in [0, 0.05) is 43.4 Å². The van der Waals surface area contributed by atoms with Gasteiger partial charge in [-0.1, -0.05) is 42.1 Å². The molecule has 4 atom stereocenters. The number of hydrogen-bond donors (Lipinski definition) is 3. The number of nitrogens with one attached hydrogen (secondary N) is 1. The van der Waals surface area contributed by atoms with E-state index in [4.69, 9.17) is 4.74 Å². The van der Waals surface area contributed by atoms with Crippen molar-refractivity contribution in [2.24, 2.45) is 5.92 Å². The van der Waals surface area contributed by atoms with Crippen molar-refractivity contribution in [1.29, 1.82) is 0 Å². The molecule has 5 rings (SSSR count). The Balaban J connectivity index is 1.19. The van der Waals surface area contributed by atoms with E-state index in [0.29, 0.717) is 25.3 Å². The first kappa shape index (κ1) is 19.9. The molecule has 2 heterocycles. The molecule has 6 nitrogen and oxygen atoms in total. The molecule has 0 unspecified atom stereocenters. The molecule has 1 saturated heterocycles. The molecule has 0 spiro atoms. The van der Waals surface area contributed by atoms with E-state index in [9.17, 15) is 15.0 Å². The number of β-amino-alcohol motifs (C(OH)–C–C–N with tert-alkyl or cyclic N) is 2. The van der Waals surface area contributed by atoms with Crippen LogP contribution < -0.4 is 10.1 Å². The van der Waals surface area contributed by atoms with E-state index in [0.717, 1.165) is 35.5 Å². The number of anilines is 1. The lowest BCUT2D eigenvalue weighted by Crippen LogP contribution is -2.36. The van der Waals surface area contributed by atoms with E-state index in [2.05, 4.69) is 10.2 Å². The summed E-state index contributed by atoms with van der Waals surface area (Å²) in [6, 6.07) is 15.5. The Labute approximate surface area is 180 Å². The molecule has 1 saturated carbocycles. The van der Waals surface area contributed by atoms with Crippen LogP contribution in [0.1, 0.15) is 30.1 Å². The molecule has 2 fully saturated rings. The van der Waals surface area contributed by atoms with Gasteiger partial charge >= 0.3 is 0 Å². The highest BCUT2D eigenvalue weighted by Crippen LogP contribution is 2.43. The first-order valence-corrected chi connectivity index (χ1v) is 11.4. The van der Waals surface area contributed by atoms with E-state index < -0.39 is 11.7 Å². The maximum absolute atomic E-state index is 11.5. The van der Waals surface area contributed by atoms with E-state index in [-0.39, 0.29) is 17.3 Å². The molecule has 3 N–H and O–H groups in total. The fraction of sp³-hybridized carbons (Fsp3) is 0.435. The summed E-state index contributed by atoms with van der Waals surface area (Å²) in [5, 5.41) is 24.8. The van der Waals surface area contributed by atoms with Crippen LogP contribution in [0.15, 0.2) is 48.5 Å². The fourth-order valence-electron chi connectivity index (χ4n) is 5.00. The van der Waals surface area contributed by atoms with Crippen LogP contribution in [0, 0.1) is 5.92 Å². The molecule has 0 aromatic heterocycles. The second kappa shape index (κ2) is 7.89. The molecule has 2 aromatic carbocycles. The third-order valence-electron chi connectivity index (χ3n) is 6.45. The van der Waals surface area contributed by atoms with E-state index in [1.54, 1.807) is 0 Å². The Hall–Kier alpha value is -2.06. The Kier molecular flexibility index (Phi) is 5.23. The van der Waals surface area contributed by atoms with Crippen LogP contribution in [0.2, 0.25) is 0 Å². The SMILES string of the molecule is O=C1Nc2ccc([C@H](O)CN3C[C@H]4C[C@H](Oc5ccccc5)C[C@@]4(O)C3)cc2CS1. The predicted molar refractivity (Wildman–Crippen MR) is 117 cm³/mol. The largest absolute Gasteiger partial charge is 0.490 e. The van der Waals surface area contributed by atoms with Gasteiger partial charge in [0.1, 0.15) is 11.9 Å². The summed E-state index contributed by atoms with van der Waals surface area (Å²) >= 11 is 1.24. The summed E-state index contributed by atoms with van der Waals surface area (Å²) < 4.78 is 6.06. The van der Waals surface area contributed by atoms with Crippen molar-refractivity contribution < 1.29 is 19.7 Å². The van der Waals surface area contributed by atoms with Crippen molar-refractivity contribution >= 4 is 22.7 Å². The van der Waals surface area contributed by atoms with Crippen LogP contribution in [-0.2, 0) is 5.75 Å². The van der Waals surface area contributed by atoms with Gasteiger partial charge in [-0.2, -0.15) is 0 Å². The molecule has 30 heavy (non-hydrogen) atoms. The van der Waals surface area contributed by atoms with E-state index in [1.165, 1.54) is 11.8 Å². The van der Waals surface area contributed by atoms with Crippen molar-refractivity contribution in [3.05, 3.63) is 59.7 Å². The highest BCUT2D eigenvalue weighted by molar-refractivity contribution is 8.13. The number of aliphatic hydroxyl groups is 2. The predicted octanol–water partition coefficient (Wildman–Crippen LogP) is 3.40. The summed E-state index contributed by atoms with van der Waals surface area (Å²) in [5.41, 5.74) is 1.95. The summed E-state index contributed by atoms with van der Waals surface area (Å²) in [7, 11) is 0. The van der Waals surface area contributed by atoms with Crippen molar-refractivity contribution in [3.8, 4) is 5.75 Å². The first-order chi connectivity index (χ1) is 14.5. The van der Waals surface area contributed by atoms with Crippen molar-refractivity contribution in [2.75, 3.05) is 25.0 Å². The molecular weight excluding hydrogens is 400 g/mol. The first-order valence-electron chi connectivity index (χ1n) is 10.4. The molecule has 1 aliphatic carbocycles. The van der Waals surface area contributed by atoms with Gasteiger partial charge < -0.3 is 20.3 Å². The zero-order valence-corrected chi connectivity index (χ0v) is 17.5. The van der Waals surface area contributed by atoms with Gasteiger partial charge in [0.15, 0.2) is 0 Å². The number of thioether (sulfide) groups is 1. The number of amides is 1. The monoisotopic (exact) mass is 426 g/mol. The number of rotatable bonds is 5. The summed E-state index contributed by atoms with van der Waals surface area (Å²) in [6.07, 6.45) is 0.849. The standard InChI is InChI=1S/C23H26N2O4S/c26-21(15-6-7-20-16(8-15)13-30-22(27)24-20)12-25-11-17-9-19(10-23(17,28)14-25)29-18-4-2-1-3-5-18/h1-8,17,19,21,26,28H,9-14H2,(H,24,27)/t17-,19+,21-,23-/m1/s1. The topological polar surface area (TPSA) is 82.0 Å². The smallest absolute Gasteiger partial charge is 0.283 e. The summed E-state index contributed by atoms with van der Waals surface area (Å²) in [4.78, 5) is 13.6. The molecular formula is C23H26N2O4S. The van der Waals surface area contributed by atoms with Crippen molar-refractivity contribution in [2.45, 2.75) is 36.4 Å². The van der Waals surface area contributed by atoms with Gasteiger partial charge in [0.05, 0.1) is 11.7 Å². The van der Waals surface area contributed by atoms with E-state index in [1.807, 2.05) is 48.5 Å². The van der Waals surface area contributed by atoms with Gasteiger partial charge in [-0.05, 0) is 35.7 Å². The van der Waals surface area contributed by atoms with Crippen LogP contribution in [0.4, 0.5) is 10.5 Å². The number of hydrogen-bond acceptors (Lipinski definition) is 6. The Bertz CT molecular complexity index is 940. The molecule has 1 amide bonds. The van der Waals surface area contributed by atoms with Crippen LogP contribution in [0.25, 0.3) is 0 Å². The molecule has 0 bridgehead atoms. The lowest BCUT2D eigenvalue weighted by molar-refractivity contribution is 0.0178. The van der Waals surface area contributed by atoms with Gasteiger partial charge in [-0.15, -0.1) is 0 Å². The Morgan fingerprint density at radius 2 is 2.10 bits per heavy atom.